The average Bonchev–Trinajstić information content (AvgIpc) is 2.29. The molecule has 1 atom stereocenters. The van der Waals surface area contributed by atoms with Crippen molar-refractivity contribution < 1.29 is 18.4 Å². The molecule has 0 fully saturated rings. The molecule has 0 aromatic heterocycles. The molecule has 94 valence electrons. The number of ketones is 1. The van der Waals surface area contributed by atoms with Crippen molar-refractivity contribution in [3.8, 4) is 0 Å². The highest BCUT2D eigenvalue weighted by Crippen LogP contribution is 2.46. The summed E-state index contributed by atoms with van der Waals surface area (Å²) in [5.74, 6) is -0.185. The molecule has 0 rings (SSSR count). The van der Waals surface area contributed by atoms with Gasteiger partial charge in [0.15, 0.2) is 0 Å². The zero-order chi connectivity index (χ0) is 12.6. The van der Waals surface area contributed by atoms with Crippen molar-refractivity contribution in [2.75, 3.05) is 20.4 Å². The normalized spacial score (nSPS) is 13.4. The Morgan fingerprint density at radius 1 is 1.44 bits per heavy atom. The molecule has 0 aliphatic rings. The van der Waals surface area contributed by atoms with Gasteiger partial charge in [0.25, 0.3) is 0 Å². The van der Waals surface area contributed by atoms with Crippen molar-refractivity contribution >= 4 is 13.4 Å². The molecule has 0 saturated carbocycles. The summed E-state index contributed by atoms with van der Waals surface area (Å²) < 4.78 is 21.2. The molecule has 0 aliphatic heterocycles. The summed E-state index contributed by atoms with van der Waals surface area (Å²) in [5, 5.41) is 0. The molecule has 0 aromatic carbocycles. The monoisotopic (exact) mass is 248 g/mol. The molecule has 1 unspecified atom stereocenters. The van der Waals surface area contributed by atoms with Crippen molar-refractivity contribution in [2.24, 2.45) is 5.92 Å². The Kier molecular flexibility index (Phi) is 7.56. The van der Waals surface area contributed by atoms with Crippen LogP contribution in [0.15, 0.2) is 12.7 Å². The highest BCUT2D eigenvalue weighted by atomic mass is 31.2. The van der Waals surface area contributed by atoms with Crippen molar-refractivity contribution in [3.63, 3.8) is 0 Å². The second-order valence-electron chi connectivity index (χ2n) is 3.72. The summed E-state index contributed by atoms with van der Waals surface area (Å²) in [5.41, 5.74) is 0. The lowest BCUT2D eigenvalue weighted by molar-refractivity contribution is -0.120. The second-order valence-corrected chi connectivity index (χ2v) is 5.99. The zero-order valence-electron chi connectivity index (χ0n) is 10.3. The molecule has 0 aromatic rings. The molecule has 0 bridgehead atoms. The maximum atomic E-state index is 11.7. The summed E-state index contributed by atoms with van der Waals surface area (Å²) in [4.78, 5) is 11.7. The number of Topliss-reactive ketones (excluding diaryl/α,β-unsaturated/α-hetero) is 1. The first kappa shape index (κ1) is 15.6. The molecule has 0 amide bonds. The number of hydrogen-bond acceptors (Lipinski definition) is 4. The summed E-state index contributed by atoms with van der Waals surface area (Å²) >= 11 is 0. The van der Waals surface area contributed by atoms with Crippen LogP contribution in [0.4, 0.5) is 0 Å². The summed E-state index contributed by atoms with van der Waals surface area (Å²) in [6, 6.07) is 0. The third-order valence-corrected chi connectivity index (χ3v) is 4.31. The van der Waals surface area contributed by atoms with Gasteiger partial charge in [-0.3, -0.25) is 9.36 Å². The Morgan fingerprint density at radius 2 is 2.00 bits per heavy atom. The Hall–Kier alpha value is -0.440. The fraction of sp³-hybridized carbons (Fsp3) is 0.727. The van der Waals surface area contributed by atoms with Gasteiger partial charge in [-0.2, -0.15) is 0 Å². The third-order valence-electron chi connectivity index (χ3n) is 2.50. The molecule has 4 nitrogen and oxygen atoms in total. The molecule has 5 heteroatoms. The highest BCUT2D eigenvalue weighted by Gasteiger charge is 2.27. The standard InChI is InChI=1S/C11H21O4P/c1-5-6-7-8-10(2)11(12)9-16(13,14-3)15-4/h5,10H,1,6-9H2,2-4H3. The maximum Gasteiger partial charge on any atom is 0.337 e. The third kappa shape index (κ3) is 5.59. The Balaban J connectivity index is 4.13. The minimum Gasteiger partial charge on any atom is -0.312 e. The van der Waals surface area contributed by atoms with E-state index < -0.39 is 7.60 Å². The van der Waals surface area contributed by atoms with E-state index in [9.17, 15) is 9.36 Å². The minimum absolute atomic E-state index is 0.0731. The zero-order valence-corrected chi connectivity index (χ0v) is 11.2. The second kappa shape index (κ2) is 7.77. The molecule has 0 spiro atoms. The molecular weight excluding hydrogens is 227 g/mol. The quantitative estimate of drug-likeness (QED) is 0.357. The van der Waals surface area contributed by atoms with E-state index in [-0.39, 0.29) is 17.9 Å². The largest absolute Gasteiger partial charge is 0.337 e. The van der Waals surface area contributed by atoms with Crippen molar-refractivity contribution in [2.45, 2.75) is 26.2 Å². The van der Waals surface area contributed by atoms with Gasteiger partial charge >= 0.3 is 7.60 Å². The van der Waals surface area contributed by atoms with E-state index in [4.69, 9.17) is 9.05 Å². The van der Waals surface area contributed by atoms with Gasteiger partial charge < -0.3 is 9.05 Å². The van der Waals surface area contributed by atoms with Crippen LogP contribution in [0.25, 0.3) is 0 Å². The van der Waals surface area contributed by atoms with Crippen LogP contribution >= 0.6 is 7.60 Å². The molecule has 0 N–H and O–H groups in total. The summed E-state index contributed by atoms with van der Waals surface area (Å²) in [7, 11) is -0.617. The van der Waals surface area contributed by atoms with Crippen LogP contribution in [0.1, 0.15) is 26.2 Å². The van der Waals surface area contributed by atoms with Crippen LogP contribution in [0, 0.1) is 5.92 Å². The van der Waals surface area contributed by atoms with Gasteiger partial charge in [0.2, 0.25) is 0 Å². The Labute approximate surface area is 97.6 Å². The van der Waals surface area contributed by atoms with Crippen LogP contribution in [-0.4, -0.2) is 26.2 Å². The SMILES string of the molecule is C=CCCCC(C)C(=O)CP(=O)(OC)OC. The van der Waals surface area contributed by atoms with E-state index in [2.05, 4.69) is 6.58 Å². The molecule has 0 heterocycles. The van der Waals surface area contributed by atoms with Gasteiger partial charge in [-0.05, 0) is 19.3 Å². The number of carbonyl (C=O) groups is 1. The summed E-state index contributed by atoms with van der Waals surface area (Å²) in [6.07, 6.45) is 4.27. The number of rotatable bonds is 9. The van der Waals surface area contributed by atoms with Gasteiger partial charge in [-0.15, -0.1) is 6.58 Å². The minimum atomic E-state index is -3.20. The van der Waals surface area contributed by atoms with Crippen LogP contribution in [-0.2, 0) is 18.4 Å². The van der Waals surface area contributed by atoms with E-state index in [1.54, 1.807) is 0 Å². The van der Waals surface area contributed by atoms with Crippen molar-refractivity contribution in [1.29, 1.82) is 0 Å². The number of unbranched alkanes of at least 4 members (excludes halogenated alkanes) is 1. The molecule has 0 aliphatic carbocycles. The first-order valence-corrected chi connectivity index (χ1v) is 7.06. The van der Waals surface area contributed by atoms with Gasteiger partial charge in [-0.1, -0.05) is 13.0 Å². The molecule has 16 heavy (non-hydrogen) atoms. The van der Waals surface area contributed by atoms with Crippen LogP contribution in [0.3, 0.4) is 0 Å². The summed E-state index contributed by atoms with van der Waals surface area (Å²) in [6.45, 7) is 5.45. The number of allylic oxidation sites excluding steroid dienone is 1. The lowest BCUT2D eigenvalue weighted by atomic mass is 10.0. The molecule has 0 radical (unpaired) electrons. The van der Waals surface area contributed by atoms with Gasteiger partial charge in [0, 0.05) is 20.1 Å². The maximum absolute atomic E-state index is 11.7. The van der Waals surface area contributed by atoms with Gasteiger partial charge in [0.1, 0.15) is 11.9 Å². The first-order chi connectivity index (χ1) is 7.49. The predicted molar refractivity (Wildman–Crippen MR) is 64.7 cm³/mol. The lowest BCUT2D eigenvalue weighted by Crippen LogP contribution is -2.16. The van der Waals surface area contributed by atoms with E-state index >= 15 is 0 Å². The first-order valence-electron chi connectivity index (χ1n) is 5.33. The lowest BCUT2D eigenvalue weighted by Gasteiger charge is -2.15. The molecule has 0 saturated heterocycles. The highest BCUT2D eigenvalue weighted by molar-refractivity contribution is 7.54. The van der Waals surface area contributed by atoms with Crippen molar-refractivity contribution in [3.05, 3.63) is 12.7 Å². The van der Waals surface area contributed by atoms with Gasteiger partial charge in [0.05, 0.1) is 0 Å². The predicted octanol–water partition coefficient (Wildman–Crippen LogP) is 3.03. The van der Waals surface area contributed by atoms with Gasteiger partial charge in [-0.25, -0.2) is 0 Å². The van der Waals surface area contributed by atoms with Crippen LogP contribution in [0.2, 0.25) is 0 Å². The van der Waals surface area contributed by atoms with E-state index in [1.807, 2.05) is 13.0 Å². The van der Waals surface area contributed by atoms with Crippen molar-refractivity contribution in [1.82, 2.24) is 0 Å². The van der Waals surface area contributed by atoms with Crippen LogP contribution in [0.5, 0.6) is 0 Å². The topological polar surface area (TPSA) is 52.6 Å². The molecular formula is C11H21O4P. The average molecular weight is 248 g/mol. The fourth-order valence-corrected chi connectivity index (χ4v) is 2.38. The Bertz CT molecular complexity index is 267. The number of hydrogen-bond donors (Lipinski definition) is 0. The smallest absolute Gasteiger partial charge is 0.312 e. The Morgan fingerprint density at radius 3 is 2.44 bits per heavy atom. The van der Waals surface area contributed by atoms with Crippen LogP contribution < -0.4 is 0 Å². The van der Waals surface area contributed by atoms with E-state index in [1.165, 1.54) is 14.2 Å². The van der Waals surface area contributed by atoms with E-state index in [0.717, 1.165) is 19.3 Å². The number of carbonyl (C=O) groups excluding carboxylic acids is 1. The van der Waals surface area contributed by atoms with E-state index in [0.29, 0.717) is 0 Å². The fourth-order valence-electron chi connectivity index (χ4n) is 1.28.